The van der Waals surface area contributed by atoms with Gasteiger partial charge in [-0.15, -0.1) is 21.5 Å². The summed E-state index contributed by atoms with van der Waals surface area (Å²) in [5.74, 6) is 1.48. The monoisotopic (exact) mass is 499 g/mol. The number of aromatic nitrogens is 3. The molecule has 1 aliphatic rings. The number of fused-ring (bicyclic) bond motifs is 1. The average molecular weight is 500 g/mol. The van der Waals surface area contributed by atoms with Crippen LogP contribution in [0.2, 0.25) is 0 Å². The summed E-state index contributed by atoms with van der Waals surface area (Å²) >= 11 is 2.75. The number of hydrogen-bond donors (Lipinski definition) is 2. The SMILES string of the molecule is Cc1cccc(OCc2nnc(SCC(=O)Nc3sc4c(c3C(N)=O)CCC(C)C4)n2C)c1C. The van der Waals surface area contributed by atoms with E-state index in [1.807, 2.05) is 43.7 Å². The molecule has 0 saturated carbocycles. The standard InChI is InChI=1S/C24H29N5O3S2/c1-13-8-9-16-18(10-13)34-23(21(16)22(25)31)26-20(30)12-33-24-28-27-19(29(24)4)11-32-17-7-5-6-14(2)15(17)3/h5-7,13H,8-12H2,1-4H3,(H2,25,31)(H,26,30). The van der Waals surface area contributed by atoms with Gasteiger partial charge in [-0.25, -0.2) is 0 Å². The maximum atomic E-state index is 12.7. The zero-order chi connectivity index (χ0) is 24.4. The Morgan fingerprint density at radius 2 is 2.12 bits per heavy atom. The maximum Gasteiger partial charge on any atom is 0.251 e. The number of nitrogens with one attached hydrogen (secondary N) is 1. The van der Waals surface area contributed by atoms with Gasteiger partial charge in [0.15, 0.2) is 11.0 Å². The zero-order valence-electron chi connectivity index (χ0n) is 19.8. The molecule has 34 heavy (non-hydrogen) atoms. The molecule has 2 aromatic heterocycles. The van der Waals surface area contributed by atoms with Crippen molar-refractivity contribution in [1.82, 2.24) is 14.8 Å². The summed E-state index contributed by atoms with van der Waals surface area (Å²) < 4.78 is 7.75. The highest BCUT2D eigenvalue weighted by Gasteiger charge is 2.27. The second kappa shape index (κ2) is 10.2. The number of thiophene rings is 1. The van der Waals surface area contributed by atoms with Crippen molar-refractivity contribution in [2.24, 2.45) is 18.7 Å². The molecule has 1 aliphatic carbocycles. The van der Waals surface area contributed by atoms with Gasteiger partial charge in [0.2, 0.25) is 5.91 Å². The molecule has 0 spiro atoms. The molecule has 4 rings (SSSR count). The van der Waals surface area contributed by atoms with E-state index in [0.29, 0.717) is 27.5 Å². The Morgan fingerprint density at radius 3 is 2.88 bits per heavy atom. The number of nitrogens with two attached hydrogens (primary N) is 1. The first-order valence-corrected chi connectivity index (χ1v) is 13.0. The topological polar surface area (TPSA) is 112 Å². The van der Waals surface area contributed by atoms with E-state index >= 15 is 0 Å². The van der Waals surface area contributed by atoms with Crippen LogP contribution in [0.3, 0.4) is 0 Å². The molecule has 0 fully saturated rings. The van der Waals surface area contributed by atoms with E-state index in [9.17, 15) is 9.59 Å². The van der Waals surface area contributed by atoms with Crippen molar-refractivity contribution in [2.45, 2.75) is 51.8 Å². The summed E-state index contributed by atoms with van der Waals surface area (Å²) in [7, 11) is 1.85. The third kappa shape index (κ3) is 5.12. The van der Waals surface area contributed by atoms with Gasteiger partial charge < -0.3 is 20.4 Å². The lowest BCUT2D eigenvalue weighted by Gasteiger charge is -2.18. The molecule has 0 aliphatic heterocycles. The number of thioether (sulfide) groups is 1. The molecule has 0 saturated heterocycles. The Hall–Kier alpha value is -2.85. The van der Waals surface area contributed by atoms with Crippen LogP contribution >= 0.6 is 23.1 Å². The lowest BCUT2D eigenvalue weighted by atomic mass is 9.88. The van der Waals surface area contributed by atoms with Gasteiger partial charge in [0.05, 0.1) is 11.3 Å². The number of amides is 2. The van der Waals surface area contributed by atoms with E-state index in [-0.39, 0.29) is 18.3 Å². The van der Waals surface area contributed by atoms with Gasteiger partial charge in [-0.05, 0) is 61.8 Å². The minimum absolute atomic E-state index is 0.140. The zero-order valence-corrected chi connectivity index (χ0v) is 21.4. The van der Waals surface area contributed by atoms with E-state index < -0.39 is 5.91 Å². The molecular weight excluding hydrogens is 470 g/mol. The van der Waals surface area contributed by atoms with E-state index in [0.717, 1.165) is 41.0 Å². The third-order valence-electron chi connectivity index (χ3n) is 6.18. The molecule has 2 amide bonds. The first-order chi connectivity index (χ1) is 16.2. The fourth-order valence-corrected chi connectivity index (χ4v) is 6.17. The summed E-state index contributed by atoms with van der Waals surface area (Å²) in [5, 5.41) is 12.5. The Kier molecular flexibility index (Phi) is 7.27. The first kappa shape index (κ1) is 24.3. The van der Waals surface area contributed by atoms with Crippen molar-refractivity contribution in [3.05, 3.63) is 51.2 Å². The van der Waals surface area contributed by atoms with Crippen molar-refractivity contribution >= 4 is 39.9 Å². The Bertz CT molecular complexity index is 1230. The predicted octanol–water partition coefficient (Wildman–Crippen LogP) is 4.03. The van der Waals surface area contributed by atoms with Crippen molar-refractivity contribution in [3.63, 3.8) is 0 Å². The number of anilines is 1. The molecule has 0 radical (unpaired) electrons. The lowest BCUT2D eigenvalue weighted by Crippen LogP contribution is -2.20. The van der Waals surface area contributed by atoms with Gasteiger partial charge >= 0.3 is 0 Å². The molecule has 1 aromatic carbocycles. The number of carbonyl (C=O) groups excluding carboxylic acids is 2. The number of rotatable bonds is 8. The molecule has 180 valence electrons. The Balaban J connectivity index is 1.37. The predicted molar refractivity (Wildman–Crippen MR) is 135 cm³/mol. The molecular formula is C24H29N5O3S2. The molecule has 2 heterocycles. The minimum atomic E-state index is -0.489. The van der Waals surface area contributed by atoms with E-state index in [1.165, 1.54) is 28.7 Å². The molecule has 8 nitrogen and oxygen atoms in total. The fraction of sp³-hybridized carbons (Fsp3) is 0.417. The molecule has 0 bridgehead atoms. The highest BCUT2D eigenvalue weighted by Crippen LogP contribution is 2.39. The lowest BCUT2D eigenvalue weighted by molar-refractivity contribution is -0.113. The van der Waals surface area contributed by atoms with Crippen molar-refractivity contribution in [2.75, 3.05) is 11.1 Å². The van der Waals surface area contributed by atoms with Gasteiger partial charge in [0.25, 0.3) is 5.91 Å². The van der Waals surface area contributed by atoms with E-state index in [4.69, 9.17) is 10.5 Å². The van der Waals surface area contributed by atoms with Gasteiger partial charge in [-0.1, -0.05) is 30.8 Å². The van der Waals surface area contributed by atoms with Crippen molar-refractivity contribution in [1.29, 1.82) is 0 Å². The molecule has 3 N–H and O–H groups in total. The number of benzene rings is 1. The average Bonchev–Trinajstić information content (AvgIpc) is 3.32. The molecule has 10 heteroatoms. The van der Waals surface area contributed by atoms with Gasteiger partial charge in [0.1, 0.15) is 17.4 Å². The normalized spacial score (nSPS) is 15.1. The quantitative estimate of drug-likeness (QED) is 0.453. The molecule has 1 atom stereocenters. The van der Waals surface area contributed by atoms with Crippen LogP contribution < -0.4 is 15.8 Å². The van der Waals surface area contributed by atoms with Gasteiger partial charge in [-0.2, -0.15) is 0 Å². The van der Waals surface area contributed by atoms with Crippen LogP contribution in [-0.4, -0.2) is 32.3 Å². The van der Waals surface area contributed by atoms with Crippen LogP contribution in [0.4, 0.5) is 5.00 Å². The first-order valence-electron chi connectivity index (χ1n) is 11.2. The molecule has 3 aromatic rings. The highest BCUT2D eigenvalue weighted by atomic mass is 32.2. The number of nitrogens with zero attached hydrogens (tertiary/aromatic N) is 3. The number of ether oxygens (including phenoxy) is 1. The Morgan fingerprint density at radius 1 is 1.32 bits per heavy atom. The van der Waals surface area contributed by atoms with Crippen LogP contribution in [0, 0.1) is 19.8 Å². The number of primary amides is 1. The summed E-state index contributed by atoms with van der Waals surface area (Å²) in [6.07, 6.45) is 2.76. The van der Waals surface area contributed by atoms with Crippen LogP contribution in [0.1, 0.15) is 51.1 Å². The minimum Gasteiger partial charge on any atom is -0.485 e. The summed E-state index contributed by atoms with van der Waals surface area (Å²) in [5.41, 5.74) is 9.37. The van der Waals surface area contributed by atoms with Crippen molar-refractivity contribution < 1.29 is 14.3 Å². The van der Waals surface area contributed by atoms with E-state index in [2.05, 4.69) is 22.4 Å². The number of aryl methyl sites for hydroxylation is 1. The summed E-state index contributed by atoms with van der Waals surface area (Å²) in [6, 6.07) is 5.94. The molecule has 1 unspecified atom stereocenters. The smallest absolute Gasteiger partial charge is 0.251 e. The number of carbonyl (C=O) groups is 2. The van der Waals surface area contributed by atoms with Gasteiger partial charge in [0, 0.05) is 11.9 Å². The number of hydrogen-bond acceptors (Lipinski definition) is 7. The maximum absolute atomic E-state index is 12.7. The summed E-state index contributed by atoms with van der Waals surface area (Å²) in [6.45, 7) is 6.55. The van der Waals surface area contributed by atoms with Crippen molar-refractivity contribution in [3.8, 4) is 5.75 Å². The highest BCUT2D eigenvalue weighted by molar-refractivity contribution is 7.99. The summed E-state index contributed by atoms with van der Waals surface area (Å²) in [4.78, 5) is 25.9. The largest absolute Gasteiger partial charge is 0.485 e. The van der Waals surface area contributed by atoms with E-state index in [1.54, 1.807) is 0 Å². The van der Waals surface area contributed by atoms with Crippen LogP contribution in [0.15, 0.2) is 23.4 Å². The van der Waals surface area contributed by atoms with Gasteiger partial charge in [-0.3, -0.25) is 9.59 Å². The van der Waals surface area contributed by atoms with Crippen LogP contribution in [0.5, 0.6) is 5.75 Å². The second-order valence-corrected chi connectivity index (χ2v) is 10.7. The second-order valence-electron chi connectivity index (χ2n) is 8.70. The van der Waals surface area contributed by atoms with Crippen LogP contribution in [-0.2, 0) is 31.3 Å². The Labute approximate surface area is 207 Å². The third-order valence-corrected chi connectivity index (χ3v) is 8.37. The van der Waals surface area contributed by atoms with Crippen LogP contribution in [0.25, 0.3) is 0 Å². The fourth-order valence-electron chi connectivity index (χ4n) is 4.01.